The number of ether oxygens (including phenoxy) is 1. The maximum absolute atomic E-state index is 13.7. The van der Waals surface area contributed by atoms with Gasteiger partial charge in [-0.3, -0.25) is 9.59 Å². The van der Waals surface area contributed by atoms with Crippen LogP contribution in [0.15, 0.2) is 24.7 Å². The molecule has 4 heterocycles. The van der Waals surface area contributed by atoms with Crippen molar-refractivity contribution in [3.05, 3.63) is 29.7 Å². The van der Waals surface area contributed by atoms with Gasteiger partial charge in [0.15, 0.2) is 5.01 Å². The highest BCUT2D eigenvalue weighted by atomic mass is 35.5. The smallest absolute Gasteiger partial charge is 0.280 e. The monoisotopic (exact) mass is 491 g/mol. The number of fused-ring (bicyclic) bond motifs is 1. The summed E-state index contributed by atoms with van der Waals surface area (Å²) in [5, 5.41) is 20.9. The van der Waals surface area contributed by atoms with Gasteiger partial charge in [-0.1, -0.05) is 19.3 Å². The Balaban J connectivity index is 1.36. The van der Waals surface area contributed by atoms with Gasteiger partial charge in [-0.15, -0.1) is 22.9 Å². The van der Waals surface area contributed by atoms with Crippen LogP contribution in [0.1, 0.15) is 41.9 Å². The molecule has 1 aliphatic carbocycles. The van der Waals surface area contributed by atoms with Gasteiger partial charge in [0.1, 0.15) is 12.1 Å². The third-order valence-electron chi connectivity index (χ3n) is 6.80. The molecule has 0 radical (unpaired) electrons. The average molecular weight is 492 g/mol. The molecular weight excluding hydrogens is 466 g/mol. The Kier molecular flexibility index (Phi) is 6.60. The Labute approximate surface area is 200 Å². The number of hydrogen-bond donors (Lipinski definition) is 2. The van der Waals surface area contributed by atoms with Gasteiger partial charge in [0, 0.05) is 18.3 Å². The van der Waals surface area contributed by atoms with Crippen molar-refractivity contribution in [2.45, 2.75) is 61.8 Å². The average Bonchev–Trinajstić information content (AvgIpc) is 3.56. The van der Waals surface area contributed by atoms with E-state index in [1.807, 2.05) is 0 Å². The van der Waals surface area contributed by atoms with Gasteiger partial charge in [0.2, 0.25) is 5.91 Å². The van der Waals surface area contributed by atoms with Crippen LogP contribution in [0.25, 0.3) is 10.4 Å². The number of aliphatic hydroxyl groups excluding tert-OH is 1. The molecule has 2 aromatic rings. The highest BCUT2D eigenvalue weighted by Crippen LogP contribution is 2.35. The second-order valence-electron chi connectivity index (χ2n) is 8.87. The quantitative estimate of drug-likeness (QED) is 0.613. The number of amides is 2. The van der Waals surface area contributed by atoms with Gasteiger partial charge in [0.05, 0.1) is 41.4 Å². The number of thiazole rings is 1. The van der Waals surface area contributed by atoms with E-state index in [0.717, 1.165) is 42.5 Å². The van der Waals surface area contributed by atoms with Crippen molar-refractivity contribution in [2.75, 3.05) is 13.2 Å². The molecule has 2 aliphatic heterocycles. The van der Waals surface area contributed by atoms with E-state index in [4.69, 9.17) is 16.3 Å². The molecule has 176 valence electrons. The summed E-state index contributed by atoms with van der Waals surface area (Å²) in [5.41, 5.74) is 0.827. The lowest BCUT2D eigenvalue weighted by atomic mass is 9.83. The first-order valence-electron chi connectivity index (χ1n) is 11.3. The maximum Gasteiger partial charge on any atom is 0.280 e. The summed E-state index contributed by atoms with van der Waals surface area (Å²) in [6.45, 7) is 0.455. The Morgan fingerprint density at radius 3 is 2.82 bits per heavy atom. The first kappa shape index (κ1) is 22.6. The molecule has 3 aliphatic rings. The topological polar surface area (TPSA) is 118 Å². The van der Waals surface area contributed by atoms with Crippen LogP contribution in [0.3, 0.4) is 0 Å². The lowest BCUT2D eigenvalue weighted by molar-refractivity contribution is -0.137. The number of rotatable bonds is 5. The number of alkyl halides is 1. The number of aromatic nitrogens is 3. The van der Waals surface area contributed by atoms with Gasteiger partial charge in [0.25, 0.3) is 5.91 Å². The fourth-order valence-corrected chi connectivity index (χ4v) is 6.34. The molecule has 2 amide bonds. The zero-order valence-corrected chi connectivity index (χ0v) is 19.5. The van der Waals surface area contributed by atoms with Crippen molar-refractivity contribution in [3.63, 3.8) is 0 Å². The Morgan fingerprint density at radius 1 is 1.24 bits per heavy atom. The van der Waals surface area contributed by atoms with Gasteiger partial charge in [-0.25, -0.2) is 4.98 Å². The number of hydrogen-bond acceptors (Lipinski definition) is 8. The van der Waals surface area contributed by atoms with Crippen LogP contribution >= 0.6 is 22.9 Å². The number of nitrogens with zero attached hydrogens (tertiary/aromatic N) is 4. The van der Waals surface area contributed by atoms with Gasteiger partial charge >= 0.3 is 0 Å². The molecule has 33 heavy (non-hydrogen) atoms. The Hall–Kier alpha value is -2.14. The van der Waals surface area contributed by atoms with Crippen LogP contribution in [-0.2, 0) is 9.53 Å². The van der Waals surface area contributed by atoms with Crippen molar-refractivity contribution >= 4 is 34.8 Å². The van der Waals surface area contributed by atoms with Crippen molar-refractivity contribution in [1.82, 2.24) is 25.4 Å². The molecule has 2 N–H and O–H groups in total. The minimum absolute atomic E-state index is 0.0336. The van der Waals surface area contributed by atoms with Gasteiger partial charge in [-0.2, -0.15) is 10.2 Å². The molecule has 9 nitrogen and oxygen atoms in total. The predicted octanol–water partition coefficient (Wildman–Crippen LogP) is 1.86. The zero-order chi connectivity index (χ0) is 22.9. The fraction of sp³-hybridized carbons (Fsp3) is 0.591. The van der Waals surface area contributed by atoms with Crippen LogP contribution in [0, 0.1) is 5.92 Å². The first-order chi connectivity index (χ1) is 16.0. The van der Waals surface area contributed by atoms with Crippen LogP contribution in [-0.4, -0.2) is 79.8 Å². The fourth-order valence-electron chi connectivity index (χ4n) is 5.16. The standard InChI is InChI=1S/C22H26ClN5O4S/c23-14-10-28(18-15(29)11-32-19(14)18)22(31)17(12-4-2-1-3-5-12)27-20(30)21-24-9-16(33-21)13-6-7-25-26-8-13/h6-9,12,14-15,17-19,29H,1-5,10-11H2,(H,27,30)/t14-,15-,17-,18+,19+/m0/s1. The van der Waals surface area contributed by atoms with Crippen molar-refractivity contribution in [3.8, 4) is 10.4 Å². The number of nitrogens with one attached hydrogen (secondary N) is 1. The molecule has 11 heteroatoms. The molecule has 0 spiro atoms. The summed E-state index contributed by atoms with van der Waals surface area (Å²) >= 11 is 7.68. The third-order valence-corrected chi connectivity index (χ3v) is 8.23. The van der Waals surface area contributed by atoms with Crippen LogP contribution in [0.5, 0.6) is 0 Å². The number of carbonyl (C=O) groups excluding carboxylic acids is 2. The number of likely N-dealkylation sites (tertiary alicyclic amines) is 1. The van der Waals surface area contributed by atoms with Crippen molar-refractivity contribution < 1.29 is 19.4 Å². The van der Waals surface area contributed by atoms with E-state index >= 15 is 0 Å². The van der Waals surface area contributed by atoms with Crippen LogP contribution in [0.2, 0.25) is 0 Å². The summed E-state index contributed by atoms with van der Waals surface area (Å²) in [5.74, 6) is -0.544. The zero-order valence-electron chi connectivity index (χ0n) is 18.0. The molecule has 2 aromatic heterocycles. The number of carbonyl (C=O) groups is 2. The number of aliphatic hydroxyl groups is 1. The summed E-state index contributed by atoms with van der Waals surface area (Å²) in [6, 6.07) is 0.634. The lowest BCUT2D eigenvalue weighted by Crippen LogP contribution is -2.56. The molecule has 5 rings (SSSR count). The second kappa shape index (κ2) is 9.61. The molecule has 0 bridgehead atoms. The second-order valence-corrected chi connectivity index (χ2v) is 10.5. The Morgan fingerprint density at radius 2 is 2.06 bits per heavy atom. The molecule has 1 saturated carbocycles. The normalized spacial score (nSPS) is 28.5. The minimum Gasteiger partial charge on any atom is -0.388 e. The number of halogens is 1. The van der Waals surface area contributed by atoms with E-state index in [1.54, 1.807) is 29.6 Å². The molecule has 2 saturated heterocycles. The predicted molar refractivity (Wildman–Crippen MR) is 122 cm³/mol. The van der Waals surface area contributed by atoms with E-state index in [0.29, 0.717) is 6.54 Å². The summed E-state index contributed by atoms with van der Waals surface area (Å²) in [6.07, 6.45) is 8.58. The molecule has 0 unspecified atom stereocenters. The van der Waals surface area contributed by atoms with Crippen LogP contribution < -0.4 is 5.32 Å². The maximum atomic E-state index is 13.7. The molecule has 0 aromatic carbocycles. The van der Waals surface area contributed by atoms with E-state index in [1.165, 1.54) is 11.3 Å². The van der Waals surface area contributed by atoms with Gasteiger partial charge < -0.3 is 20.1 Å². The van der Waals surface area contributed by atoms with E-state index < -0.39 is 18.2 Å². The largest absolute Gasteiger partial charge is 0.388 e. The van der Waals surface area contributed by atoms with Crippen LogP contribution in [0.4, 0.5) is 0 Å². The summed E-state index contributed by atoms with van der Waals surface area (Å²) in [7, 11) is 0. The molecular formula is C22H26ClN5O4S. The van der Waals surface area contributed by atoms with E-state index in [2.05, 4.69) is 20.5 Å². The minimum atomic E-state index is -0.777. The Bertz CT molecular complexity index is 1000. The first-order valence-corrected chi connectivity index (χ1v) is 12.6. The molecule has 5 atom stereocenters. The van der Waals surface area contributed by atoms with Gasteiger partial charge in [-0.05, 0) is 24.8 Å². The molecule has 3 fully saturated rings. The summed E-state index contributed by atoms with van der Waals surface area (Å²) < 4.78 is 5.62. The third kappa shape index (κ3) is 4.49. The SMILES string of the molecule is O=C(N[C@H](C(=O)N1C[C@H](Cl)[C@H]2OC[C@H](O)[C@H]21)C1CCCCC1)c1ncc(-c2ccnnc2)s1. The van der Waals surface area contributed by atoms with E-state index in [-0.39, 0.29) is 40.8 Å². The van der Waals surface area contributed by atoms with E-state index in [9.17, 15) is 14.7 Å². The lowest BCUT2D eigenvalue weighted by Gasteiger charge is -2.35. The summed E-state index contributed by atoms with van der Waals surface area (Å²) in [4.78, 5) is 33.6. The van der Waals surface area contributed by atoms with Crippen molar-refractivity contribution in [1.29, 1.82) is 0 Å². The van der Waals surface area contributed by atoms with Crippen molar-refractivity contribution in [2.24, 2.45) is 5.92 Å². The highest BCUT2D eigenvalue weighted by molar-refractivity contribution is 7.16. The highest BCUT2D eigenvalue weighted by Gasteiger charge is 2.53.